The number of aliphatic hydroxyl groups excluding tert-OH is 1. The van der Waals surface area contributed by atoms with Gasteiger partial charge in [-0.2, -0.15) is 0 Å². The first-order valence-electron chi connectivity index (χ1n) is 13.9. The molecule has 3 N–H and O–H groups in total. The van der Waals surface area contributed by atoms with Gasteiger partial charge in [0.2, 0.25) is 12.8 Å². The summed E-state index contributed by atoms with van der Waals surface area (Å²) in [6.45, 7) is 7.64. The van der Waals surface area contributed by atoms with Crippen LogP contribution < -0.4 is 15.5 Å². The van der Waals surface area contributed by atoms with Crippen molar-refractivity contribution in [1.82, 2.24) is 9.97 Å². The van der Waals surface area contributed by atoms with Crippen LogP contribution in [0.2, 0.25) is 5.02 Å². The normalized spacial score (nSPS) is 16.6. The number of β-amino-alcohol motifs (C(OH)–C–C–N with tert-alkyl or cyclic N) is 1. The van der Waals surface area contributed by atoms with E-state index in [9.17, 15) is 14.7 Å². The first-order chi connectivity index (χ1) is 19.5. The van der Waals surface area contributed by atoms with Crippen LogP contribution in [0.1, 0.15) is 64.4 Å². The molecular weight excluding hydrogens is 526 g/mol. The number of benzene rings is 2. The van der Waals surface area contributed by atoms with Crippen molar-refractivity contribution in [2.75, 3.05) is 28.6 Å². The topological polar surface area (TPSA) is 107 Å². The highest BCUT2D eigenvalue weighted by Gasteiger charge is 2.23. The maximum atomic E-state index is 10.2. The average molecular weight is 568 g/mol. The lowest BCUT2D eigenvalue weighted by atomic mass is 10.1. The van der Waals surface area contributed by atoms with Crippen molar-refractivity contribution in [2.45, 2.75) is 64.9 Å². The van der Waals surface area contributed by atoms with Crippen molar-refractivity contribution in [3.63, 3.8) is 0 Å². The van der Waals surface area contributed by atoms with Gasteiger partial charge >= 0.3 is 0 Å². The van der Waals surface area contributed by atoms with Gasteiger partial charge < -0.3 is 20.6 Å². The number of nitrogens with zero attached hydrogens (tertiary/aromatic N) is 3. The molecule has 6 rings (SSSR count). The van der Waals surface area contributed by atoms with Gasteiger partial charge in [0.1, 0.15) is 18.0 Å². The smallest absolute Gasteiger partial charge is 0.212 e. The molecule has 40 heavy (non-hydrogen) atoms. The molecule has 2 saturated carbocycles. The van der Waals surface area contributed by atoms with Crippen molar-refractivity contribution >= 4 is 41.7 Å². The number of halogens is 1. The zero-order valence-corrected chi connectivity index (χ0v) is 24.4. The van der Waals surface area contributed by atoms with Crippen molar-refractivity contribution in [3.05, 3.63) is 77.6 Å². The molecule has 0 bridgehead atoms. The summed E-state index contributed by atoms with van der Waals surface area (Å²) in [5.74, 6) is 3.07. The number of carbonyl (C=O) groups excluding carboxylic acids is 2. The second kappa shape index (κ2) is 18.7. The summed E-state index contributed by atoms with van der Waals surface area (Å²) in [6, 6.07) is 19.2. The quantitative estimate of drug-likeness (QED) is 0.292. The fourth-order valence-electron chi connectivity index (χ4n) is 3.53. The Hall–Kier alpha value is -3.49. The van der Waals surface area contributed by atoms with Crippen LogP contribution >= 0.6 is 11.6 Å². The number of nitrogens with one attached hydrogen (secondary N) is 2. The Kier molecular flexibility index (Phi) is 15.3. The Balaban J connectivity index is 0.000000199. The molecule has 2 aromatic carbocycles. The average Bonchev–Trinajstić information content (AvgIpc) is 3.93. The van der Waals surface area contributed by atoms with Crippen molar-refractivity contribution in [1.29, 1.82) is 0 Å². The van der Waals surface area contributed by atoms with E-state index in [-0.39, 0.29) is 6.10 Å². The van der Waals surface area contributed by atoms with Gasteiger partial charge in [-0.05, 0) is 60.9 Å². The number of rotatable bonds is 6. The van der Waals surface area contributed by atoms with Gasteiger partial charge in [0.15, 0.2) is 0 Å². The summed E-state index contributed by atoms with van der Waals surface area (Å²) in [6.07, 6.45) is 8.74. The Morgan fingerprint density at radius 3 is 1.98 bits per heavy atom. The summed E-state index contributed by atoms with van der Waals surface area (Å²) in [5, 5.41) is 15.2. The van der Waals surface area contributed by atoms with Gasteiger partial charge in [-0.1, -0.05) is 75.5 Å². The Bertz CT molecular complexity index is 1110. The third-order valence-electron chi connectivity index (χ3n) is 6.13. The lowest BCUT2D eigenvalue weighted by Gasteiger charge is -2.16. The van der Waals surface area contributed by atoms with Crippen LogP contribution in [0.25, 0.3) is 0 Å². The van der Waals surface area contributed by atoms with Crippen LogP contribution in [-0.4, -0.2) is 47.1 Å². The minimum Gasteiger partial charge on any atom is -0.391 e. The van der Waals surface area contributed by atoms with Crippen LogP contribution in [0.5, 0.6) is 0 Å². The van der Waals surface area contributed by atoms with E-state index >= 15 is 0 Å². The Labute approximate surface area is 243 Å². The maximum absolute atomic E-state index is 10.2. The van der Waals surface area contributed by atoms with Gasteiger partial charge in [-0.3, -0.25) is 9.59 Å². The fourth-order valence-corrected chi connectivity index (χ4v) is 3.67. The molecule has 8 nitrogen and oxygen atoms in total. The molecule has 3 fully saturated rings. The number of hydrogen-bond acceptors (Lipinski definition) is 6. The minimum atomic E-state index is -0.289. The molecule has 0 radical (unpaired) electrons. The molecule has 1 aliphatic heterocycles. The summed E-state index contributed by atoms with van der Waals surface area (Å²) < 4.78 is 0. The van der Waals surface area contributed by atoms with E-state index < -0.39 is 0 Å². The van der Waals surface area contributed by atoms with Crippen LogP contribution in [-0.2, 0) is 9.59 Å². The third kappa shape index (κ3) is 13.5. The van der Waals surface area contributed by atoms with E-state index in [0.717, 1.165) is 41.3 Å². The fraction of sp³-hybridized carbons (Fsp3) is 0.419. The number of aromatic nitrogens is 2. The maximum Gasteiger partial charge on any atom is 0.212 e. The highest BCUT2D eigenvalue weighted by atomic mass is 35.5. The molecular formula is C31H42ClN5O3. The molecule has 1 atom stereocenters. The third-order valence-corrected chi connectivity index (χ3v) is 6.38. The van der Waals surface area contributed by atoms with Gasteiger partial charge in [-0.15, -0.1) is 0 Å². The molecule has 2 heterocycles. The van der Waals surface area contributed by atoms with Gasteiger partial charge in [0.05, 0.1) is 6.10 Å². The molecule has 216 valence electrons. The molecule has 9 heteroatoms. The largest absolute Gasteiger partial charge is 0.391 e. The molecule has 3 aromatic rings. The summed E-state index contributed by atoms with van der Waals surface area (Å²) in [7, 11) is 0. The number of hydrogen-bond donors (Lipinski definition) is 3. The summed E-state index contributed by atoms with van der Waals surface area (Å²) in [5.41, 5.74) is 2.26. The number of carbonyl (C=O) groups is 2. The SMILES string of the molecule is CC.CC1CC1.Clc1ccccc1.O=CNc1cc(N2CCC(O)C2)ncn1.O=CNc1ccc(C2CC2)cc1. The van der Waals surface area contributed by atoms with Crippen LogP contribution in [0.4, 0.5) is 17.3 Å². The van der Waals surface area contributed by atoms with Crippen molar-refractivity contribution in [2.24, 2.45) is 5.92 Å². The van der Waals surface area contributed by atoms with E-state index in [0.29, 0.717) is 25.2 Å². The van der Waals surface area contributed by atoms with E-state index in [1.54, 1.807) is 6.07 Å². The molecule has 1 saturated heterocycles. The first-order valence-corrected chi connectivity index (χ1v) is 14.3. The summed E-state index contributed by atoms with van der Waals surface area (Å²) >= 11 is 5.54. The zero-order valence-electron chi connectivity index (χ0n) is 23.7. The van der Waals surface area contributed by atoms with Crippen molar-refractivity contribution in [3.8, 4) is 0 Å². The minimum absolute atomic E-state index is 0.289. The van der Waals surface area contributed by atoms with Crippen molar-refractivity contribution < 1.29 is 14.7 Å². The Morgan fingerprint density at radius 2 is 1.52 bits per heavy atom. The molecule has 0 spiro atoms. The number of aliphatic hydroxyl groups is 1. The zero-order chi connectivity index (χ0) is 29.2. The second-order valence-corrected chi connectivity index (χ2v) is 9.99. The van der Waals surface area contributed by atoms with E-state index in [1.165, 1.54) is 37.6 Å². The first kappa shape index (κ1) is 32.7. The molecule has 1 aromatic heterocycles. The predicted molar refractivity (Wildman–Crippen MR) is 164 cm³/mol. The predicted octanol–water partition coefficient (Wildman–Crippen LogP) is 6.53. The lowest BCUT2D eigenvalue weighted by molar-refractivity contribution is -0.106. The Morgan fingerprint density at radius 1 is 0.900 bits per heavy atom. The monoisotopic (exact) mass is 567 g/mol. The van der Waals surface area contributed by atoms with E-state index in [2.05, 4.69) is 39.7 Å². The van der Waals surface area contributed by atoms with E-state index in [1.807, 2.05) is 61.2 Å². The number of anilines is 3. The summed E-state index contributed by atoms with van der Waals surface area (Å²) in [4.78, 5) is 30.3. The van der Waals surface area contributed by atoms with Gasteiger partial charge in [0, 0.05) is 29.9 Å². The van der Waals surface area contributed by atoms with Crippen LogP contribution in [0.3, 0.4) is 0 Å². The molecule has 2 aliphatic carbocycles. The molecule has 2 amide bonds. The standard InChI is InChI=1S/C10H11NO.C9H12N4O2.C6H5Cl.C4H8.C2H6/c12-7-11-10-5-3-9(4-6-10)8-1-2-8;14-6-12-8-3-9(11-5-10-8)13-2-1-7(15)4-13;7-6-4-2-1-3-5-6;1-4-2-3-4;1-2/h3-8H,1-2H2,(H,11,12);3,5-7,15H,1-2,4H2,(H,10,11,12,14);1-5H;4H,2-3H2,1H3;1-2H3. The number of amides is 2. The highest BCUT2D eigenvalue weighted by Crippen LogP contribution is 2.40. The van der Waals surface area contributed by atoms with Crippen LogP contribution in [0.15, 0.2) is 67.0 Å². The molecule has 1 unspecified atom stereocenters. The van der Waals surface area contributed by atoms with Crippen LogP contribution in [0, 0.1) is 5.92 Å². The molecule has 3 aliphatic rings. The lowest BCUT2D eigenvalue weighted by Crippen LogP contribution is -2.22. The van der Waals surface area contributed by atoms with Gasteiger partial charge in [0.25, 0.3) is 0 Å². The second-order valence-electron chi connectivity index (χ2n) is 9.55. The van der Waals surface area contributed by atoms with Gasteiger partial charge in [-0.25, -0.2) is 9.97 Å². The van der Waals surface area contributed by atoms with E-state index in [4.69, 9.17) is 11.6 Å². The highest BCUT2D eigenvalue weighted by molar-refractivity contribution is 6.30.